The van der Waals surface area contributed by atoms with Crippen LogP contribution in [0.15, 0.2) is 12.1 Å². The smallest absolute Gasteiger partial charge is 0.387 e. The van der Waals surface area contributed by atoms with Crippen LogP contribution in [0.25, 0.3) is 0 Å². The zero-order valence-electron chi connectivity index (χ0n) is 9.95. The van der Waals surface area contributed by atoms with Crippen LogP contribution in [0.2, 0.25) is 5.02 Å². The number of nitrogens with zero attached hydrogens (tertiary/aromatic N) is 1. The second-order valence-corrected chi connectivity index (χ2v) is 3.84. The fourth-order valence-corrected chi connectivity index (χ4v) is 1.66. The number of nitriles is 1. The van der Waals surface area contributed by atoms with Gasteiger partial charge in [-0.25, -0.2) is 0 Å². The normalized spacial score (nSPS) is 10.1. The average molecular weight is 290 g/mol. The van der Waals surface area contributed by atoms with Gasteiger partial charge < -0.3 is 9.47 Å². The molecule has 102 valence electrons. The van der Waals surface area contributed by atoms with E-state index in [-0.39, 0.29) is 34.9 Å². The predicted molar refractivity (Wildman–Crippen MR) is 63.1 cm³/mol. The molecule has 0 fully saturated rings. The maximum atomic E-state index is 12.3. The van der Waals surface area contributed by atoms with E-state index < -0.39 is 12.6 Å². The molecule has 0 amide bonds. The summed E-state index contributed by atoms with van der Waals surface area (Å²) in [7, 11) is 0. The third-order valence-corrected chi connectivity index (χ3v) is 2.35. The van der Waals surface area contributed by atoms with Crippen LogP contribution < -0.4 is 4.74 Å². The molecule has 0 saturated heterocycles. The molecule has 0 aliphatic carbocycles. The first-order chi connectivity index (χ1) is 8.97. The van der Waals surface area contributed by atoms with Gasteiger partial charge in [-0.3, -0.25) is 4.79 Å². The molecule has 7 heteroatoms. The van der Waals surface area contributed by atoms with E-state index in [1.807, 2.05) is 0 Å². The van der Waals surface area contributed by atoms with Gasteiger partial charge in [-0.15, -0.1) is 0 Å². The lowest BCUT2D eigenvalue weighted by atomic mass is 10.0. The minimum absolute atomic E-state index is 0.00352. The molecule has 0 aromatic heterocycles. The SMILES string of the molecule is CCOC(=O)Cc1c(C#N)cc(Cl)cc1OC(F)F. The fraction of sp³-hybridized carbons (Fsp3) is 0.333. The number of esters is 1. The zero-order valence-corrected chi connectivity index (χ0v) is 10.7. The van der Waals surface area contributed by atoms with Crippen LogP contribution in [0.1, 0.15) is 18.1 Å². The van der Waals surface area contributed by atoms with Gasteiger partial charge in [-0.05, 0) is 19.1 Å². The van der Waals surface area contributed by atoms with E-state index in [0.717, 1.165) is 6.07 Å². The Morgan fingerprint density at radius 2 is 2.21 bits per heavy atom. The van der Waals surface area contributed by atoms with Gasteiger partial charge in [-0.2, -0.15) is 14.0 Å². The maximum absolute atomic E-state index is 12.3. The highest BCUT2D eigenvalue weighted by Crippen LogP contribution is 2.29. The van der Waals surface area contributed by atoms with E-state index in [0.29, 0.717) is 0 Å². The number of ether oxygens (including phenoxy) is 2. The van der Waals surface area contributed by atoms with Crippen LogP contribution in [0.3, 0.4) is 0 Å². The number of hydrogen-bond acceptors (Lipinski definition) is 4. The molecular formula is C12H10ClF2NO3. The van der Waals surface area contributed by atoms with Crippen molar-refractivity contribution in [1.82, 2.24) is 0 Å². The number of carbonyl (C=O) groups is 1. The summed E-state index contributed by atoms with van der Waals surface area (Å²) in [4.78, 5) is 11.4. The van der Waals surface area contributed by atoms with Crippen molar-refractivity contribution in [3.8, 4) is 11.8 Å². The summed E-state index contributed by atoms with van der Waals surface area (Å²) in [5.74, 6) is -0.937. The highest BCUT2D eigenvalue weighted by molar-refractivity contribution is 6.30. The predicted octanol–water partition coefficient (Wildman–Crippen LogP) is 2.92. The molecule has 0 saturated carbocycles. The second kappa shape index (κ2) is 6.90. The van der Waals surface area contributed by atoms with E-state index in [9.17, 15) is 13.6 Å². The van der Waals surface area contributed by atoms with Crippen molar-refractivity contribution in [3.63, 3.8) is 0 Å². The summed E-state index contributed by atoms with van der Waals surface area (Å²) in [6.07, 6.45) is -0.337. The third kappa shape index (κ3) is 4.38. The van der Waals surface area contributed by atoms with E-state index in [2.05, 4.69) is 4.74 Å². The molecule has 4 nitrogen and oxygen atoms in total. The van der Waals surface area contributed by atoms with Crippen molar-refractivity contribution >= 4 is 17.6 Å². The number of carbonyl (C=O) groups excluding carboxylic acids is 1. The Kier molecular flexibility index (Phi) is 5.52. The van der Waals surface area contributed by atoms with Crippen molar-refractivity contribution in [2.75, 3.05) is 6.61 Å². The minimum atomic E-state index is -3.08. The Morgan fingerprint density at radius 3 is 2.74 bits per heavy atom. The van der Waals surface area contributed by atoms with Gasteiger partial charge in [0.15, 0.2) is 0 Å². The van der Waals surface area contributed by atoms with Crippen molar-refractivity contribution in [2.24, 2.45) is 0 Å². The Hall–Kier alpha value is -1.87. The lowest BCUT2D eigenvalue weighted by molar-refractivity contribution is -0.142. The Bertz CT molecular complexity index is 514. The van der Waals surface area contributed by atoms with Crippen LogP contribution in [0.4, 0.5) is 8.78 Å². The molecule has 0 spiro atoms. The summed E-state index contributed by atoms with van der Waals surface area (Å²) >= 11 is 5.69. The average Bonchev–Trinajstić information content (AvgIpc) is 2.31. The number of halogens is 3. The first kappa shape index (κ1) is 15.2. The Labute approximate surface area is 113 Å². The van der Waals surface area contributed by atoms with E-state index in [1.165, 1.54) is 6.07 Å². The molecule has 0 radical (unpaired) electrons. The molecule has 1 rings (SSSR count). The molecule has 0 aliphatic rings. The van der Waals surface area contributed by atoms with E-state index in [1.54, 1.807) is 13.0 Å². The summed E-state index contributed by atoms with van der Waals surface area (Å²) in [5.41, 5.74) is 0.0295. The van der Waals surface area contributed by atoms with Gasteiger partial charge in [0, 0.05) is 10.6 Å². The largest absolute Gasteiger partial charge is 0.466 e. The molecule has 0 aliphatic heterocycles. The van der Waals surface area contributed by atoms with E-state index >= 15 is 0 Å². The zero-order chi connectivity index (χ0) is 14.4. The quantitative estimate of drug-likeness (QED) is 0.782. The topological polar surface area (TPSA) is 59.3 Å². The summed E-state index contributed by atoms with van der Waals surface area (Å²) in [6.45, 7) is -1.31. The van der Waals surface area contributed by atoms with Gasteiger partial charge >= 0.3 is 12.6 Å². The monoisotopic (exact) mass is 289 g/mol. The maximum Gasteiger partial charge on any atom is 0.387 e. The number of hydrogen-bond donors (Lipinski definition) is 0. The molecule has 0 bridgehead atoms. The number of alkyl halides is 2. The van der Waals surface area contributed by atoms with Crippen molar-refractivity contribution in [2.45, 2.75) is 20.0 Å². The van der Waals surface area contributed by atoms with Crippen LogP contribution in [-0.4, -0.2) is 19.2 Å². The highest BCUT2D eigenvalue weighted by Gasteiger charge is 2.18. The minimum Gasteiger partial charge on any atom is -0.466 e. The molecule has 0 atom stereocenters. The number of benzene rings is 1. The lowest BCUT2D eigenvalue weighted by Gasteiger charge is -2.12. The van der Waals surface area contributed by atoms with E-state index in [4.69, 9.17) is 21.6 Å². The van der Waals surface area contributed by atoms with Gasteiger partial charge in [-0.1, -0.05) is 11.6 Å². The lowest BCUT2D eigenvalue weighted by Crippen LogP contribution is -2.12. The van der Waals surface area contributed by atoms with Crippen molar-refractivity contribution in [1.29, 1.82) is 5.26 Å². The Balaban J connectivity index is 3.17. The standard InChI is InChI=1S/C12H10ClF2NO3/c1-2-18-11(17)5-9-7(6-16)3-8(13)4-10(9)19-12(14)15/h3-4,12H,2,5H2,1H3. The molecule has 0 N–H and O–H groups in total. The number of rotatable bonds is 5. The summed E-state index contributed by atoms with van der Waals surface area (Å²) in [6, 6.07) is 4.18. The molecule has 1 aromatic rings. The fourth-order valence-electron chi connectivity index (χ4n) is 1.45. The first-order valence-corrected chi connectivity index (χ1v) is 5.68. The summed E-state index contributed by atoms with van der Waals surface area (Å²) < 4.78 is 33.6. The van der Waals surface area contributed by atoms with Gasteiger partial charge in [0.2, 0.25) is 0 Å². The molecule has 0 unspecified atom stereocenters. The van der Waals surface area contributed by atoms with Crippen molar-refractivity contribution < 1.29 is 23.0 Å². The molecule has 1 aromatic carbocycles. The molecular weight excluding hydrogens is 280 g/mol. The van der Waals surface area contributed by atoms with Crippen LogP contribution in [0, 0.1) is 11.3 Å². The summed E-state index contributed by atoms with van der Waals surface area (Å²) in [5, 5.41) is 9.01. The van der Waals surface area contributed by atoms with Gasteiger partial charge in [0.1, 0.15) is 5.75 Å². The molecule has 0 heterocycles. The Morgan fingerprint density at radius 1 is 1.53 bits per heavy atom. The second-order valence-electron chi connectivity index (χ2n) is 3.40. The van der Waals surface area contributed by atoms with Crippen LogP contribution in [-0.2, 0) is 16.0 Å². The van der Waals surface area contributed by atoms with Crippen molar-refractivity contribution in [3.05, 3.63) is 28.3 Å². The molecule has 19 heavy (non-hydrogen) atoms. The van der Waals surface area contributed by atoms with Gasteiger partial charge in [0.25, 0.3) is 0 Å². The van der Waals surface area contributed by atoms with Gasteiger partial charge in [0.05, 0.1) is 24.7 Å². The highest BCUT2D eigenvalue weighted by atomic mass is 35.5. The van der Waals surface area contributed by atoms with Crippen LogP contribution >= 0.6 is 11.6 Å². The van der Waals surface area contributed by atoms with Crippen LogP contribution in [0.5, 0.6) is 5.75 Å². The third-order valence-electron chi connectivity index (χ3n) is 2.14. The first-order valence-electron chi connectivity index (χ1n) is 5.30.